The Morgan fingerprint density at radius 3 is 2.86 bits per heavy atom. The number of carbonyl (C=O) groups excluding carboxylic acids is 1. The third kappa shape index (κ3) is 2.98. The Kier molecular flexibility index (Phi) is 4.40. The zero-order valence-electron chi connectivity index (χ0n) is 11.9. The number of primary amides is 1. The molecule has 1 aliphatic rings. The standard InChI is InChI=1S/C15H16BrClN4O/c16-10-8-11-13(2-3-19-14(11)12(17)9-10)20-4-1-5-21(7-6-20)15(18)22/h2-3,8-9H,1,4-7H2,(H2,18,22). The Morgan fingerprint density at radius 1 is 1.27 bits per heavy atom. The summed E-state index contributed by atoms with van der Waals surface area (Å²) < 4.78 is 0.924. The van der Waals surface area contributed by atoms with Crippen LogP contribution in [0.25, 0.3) is 10.9 Å². The number of aromatic nitrogens is 1. The van der Waals surface area contributed by atoms with E-state index >= 15 is 0 Å². The number of hydrogen-bond donors (Lipinski definition) is 1. The van der Waals surface area contributed by atoms with Gasteiger partial charge in [-0.05, 0) is 24.6 Å². The fraction of sp³-hybridized carbons (Fsp3) is 0.333. The number of nitrogens with two attached hydrogens (primary N) is 1. The molecular weight excluding hydrogens is 368 g/mol. The van der Waals surface area contributed by atoms with Crippen LogP contribution < -0.4 is 10.6 Å². The van der Waals surface area contributed by atoms with Gasteiger partial charge in [0.1, 0.15) is 0 Å². The summed E-state index contributed by atoms with van der Waals surface area (Å²) in [7, 11) is 0. The third-order valence-corrected chi connectivity index (χ3v) is 4.63. The zero-order chi connectivity index (χ0) is 15.7. The summed E-state index contributed by atoms with van der Waals surface area (Å²) in [6, 6.07) is 5.51. The molecule has 3 rings (SSSR count). The van der Waals surface area contributed by atoms with Crippen molar-refractivity contribution in [2.24, 2.45) is 5.73 Å². The Morgan fingerprint density at radius 2 is 2.09 bits per heavy atom. The molecule has 1 saturated heterocycles. The monoisotopic (exact) mass is 382 g/mol. The van der Waals surface area contributed by atoms with Gasteiger partial charge in [0.05, 0.1) is 10.5 Å². The molecule has 22 heavy (non-hydrogen) atoms. The highest BCUT2D eigenvalue weighted by atomic mass is 79.9. The van der Waals surface area contributed by atoms with Gasteiger partial charge >= 0.3 is 6.03 Å². The van der Waals surface area contributed by atoms with Crippen LogP contribution in [-0.4, -0.2) is 42.1 Å². The van der Waals surface area contributed by atoms with Crippen LogP contribution >= 0.6 is 27.5 Å². The van der Waals surface area contributed by atoms with E-state index in [1.807, 2.05) is 18.2 Å². The maximum atomic E-state index is 11.3. The van der Waals surface area contributed by atoms with Gasteiger partial charge in [-0.3, -0.25) is 4.98 Å². The van der Waals surface area contributed by atoms with Crippen LogP contribution in [-0.2, 0) is 0 Å². The van der Waals surface area contributed by atoms with Gasteiger partial charge in [0.15, 0.2) is 0 Å². The van der Waals surface area contributed by atoms with E-state index in [0.29, 0.717) is 18.1 Å². The predicted molar refractivity (Wildman–Crippen MR) is 92.4 cm³/mol. The molecule has 1 aliphatic heterocycles. The summed E-state index contributed by atoms with van der Waals surface area (Å²) in [5.74, 6) is 0. The molecule has 1 aromatic carbocycles. The highest BCUT2D eigenvalue weighted by molar-refractivity contribution is 9.10. The molecule has 0 bridgehead atoms. The molecule has 0 spiro atoms. The number of anilines is 1. The highest BCUT2D eigenvalue weighted by Crippen LogP contribution is 2.33. The van der Waals surface area contributed by atoms with E-state index in [9.17, 15) is 4.79 Å². The van der Waals surface area contributed by atoms with E-state index in [-0.39, 0.29) is 6.03 Å². The Bertz CT molecular complexity index is 724. The number of halogens is 2. The minimum atomic E-state index is -0.354. The van der Waals surface area contributed by atoms with Gasteiger partial charge in [-0.2, -0.15) is 0 Å². The van der Waals surface area contributed by atoms with Gasteiger partial charge in [0.25, 0.3) is 0 Å². The van der Waals surface area contributed by atoms with Crippen molar-refractivity contribution in [2.75, 3.05) is 31.1 Å². The van der Waals surface area contributed by atoms with Gasteiger partial charge in [-0.15, -0.1) is 0 Å². The molecular formula is C15H16BrClN4O. The molecule has 0 atom stereocenters. The van der Waals surface area contributed by atoms with Gasteiger partial charge in [0, 0.05) is 47.9 Å². The van der Waals surface area contributed by atoms with Crippen molar-refractivity contribution in [3.8, 4) is 0 Å². The molecule has 7 heteroatoms. The van der Waals surface area contributed by atoms with E-state index in [1.165, 1.54) is 0 Å². The quantitative estimate of drug-likeness (QED) is 0.822. The smallest absolute Gasteiger partial charge is 0.314 e. The third-order valence-electron chi connectivity index (χ3n) is 3.89. The van der Waals surface area contributed by atoms with Crippen molar-refractivity contribution >= 4 is 50.2 Å². The van der Waals surface area contributed by atoms with E-state index in [4.69, 9.17) is 17.3 Å². The van der Waals surface area contributed by atoms with Crippen molar-refractivity contribution in [3.63, 3.8) is 0 Å². The number of urea groups is 1. The number of nitrogens with zero attached hydrogens (tertiary/aromatic N) is 3. The second kappa shape index (κ2) is 6.30. The number of rotatable bonds is 1. The highest BCUT2D eigenvalue weighted by Gasteiger charge is 2.19. The van der Waals surface area contributed by atoms with Crippen LogP contribution in [0.15, 0.2) is 28.9 Å². The van der Waals surface area contributed by atoms with Crippen LogP contribution in [0.4, 0.5) is 10.5 Å². The molecule has 0 aliphatic carbocycles. The SMILES string of the molecule is NC(=O)N1CCCN(c2ccnc3c(Cl)cc(Br)cc23)CC1. The lowest BCUT2D eigenvalue weighted by Gasteiger charge is -2.24. The van der Waals surface area contributed by atoms with E-state index in [0.717, 1.165) is 40.6 Å². The molecule has 2 amide bonds. The Hall–Kier alpha value is -1.53. The van der Waals surface area contributed by atoms with Crippen molar-refractivity contribution in [1.29, 1.82) is 0 Å². The lowest BCUT2D eigenvalue weighted by molar-refractivity contribution is 0.211. The first-order valence-corrected chi connectivity index (χ1v) is 8.26. The number of benzene rings is 1. The van der Waals surface area contributed by atoms with E-state index in [1.54, 1.807) is 11.1 Å². The second-order valence-electron chi connectivity index (χ2n) is 5.28. The Labute approximate surface area is 142 Å². The first-order valence-electron chi connectivity index (χ1n) is 7.09. The number of amides is 2. The molecule has 2 N–H and O–H groups in total. The van der Waals surface area contributed by atoms with Crippen LogP contribution in [0.2, 0.25) is 5.02 Å². The predicted octanol–water partition coefficient (Wildman–Crippen LogP) is 3.24. The summed E-state index contributed by atoms with van der Waals surface area (Å²) in [6.07, 6.45) is 2.66. The molecule has 116 valence electrons. The molecule has 0 saturated carbocycles. The van der Waals surface area contributed by atoms with Crippen LogP contribution in [0, 0.1) is 0 Å². The van der Waals surface area contributed by atoms with Gasteiger partial charge < -0.3 is 15.5 Å². The average Bonchev–Trinajstić information content (AvgIpc) is 2.72. The first-order chi connectivity index (χ1) is 10.6. The fourth-order valence-electron chi connectivity index (χ4n) is 2.82. The van der Waals surface area contributed by atoms with Crippen LogP contribution in [0.3, 0.4) is 0 Å². The maximum absolute atomic E-state index is 11.3. The topological polar surface area (TPSA) is 62.5 Å². The summed E-state index contributed by atoms with van der Waals surface area (Å²) in [5.41, 5.74) is 7.26. The van der Waals surface area contributed by atoms with Crippen molar-refractivity contribution in [2.45, 2.75) is 6.42 Å². The summed E-state index contributed by atoms with van der Waals surface area (Å²) in [5, 5.41) is 1.63. The fourth-order valence-corrected chi connectivity index (χ4v) is 3.68. The molecule has 5 nitrogen and oxygen atoms in total. The van der Waals surface area contributed by atoms with Gasteiger partial charge in [-0.25, -0.2) is 4.79 Å². The summed E-state index contributed by atoms with van der Waals surface area (Å²) in [6.45, 7) is 2.93. The largest absolute Gasteiger partial charge is 0.369 e. The molecule has 0 unspecified atom stereocenters. The summed E-state index contributed by atoms with van der Waals surface area (Å²) in [4.78, 5) is 19.7. The average molecular weight is 384 g/mol. The van der Waals surface area contributed by atoms with E-state index < -0.39 is 0 Å². The van der Waals surface area contributed by atoms with Gasteiger partial charge in [0.2, 0.25) is 0 Å². The summed E-state index contributed by atoms with van der Waals surface area (Å²) >= 11 is 9.78. The van der Waals surface area contributed by atoms with E-state index in [2.05, 4.69) is 25.8 Å². The van der Waals surface area contributed by atoms with Crippen LogP contribution in [0.1, 0.15) is 6.42 Å². The van der Waals surface area contributed by atoms with Crippen molar-refractivity contribution in [1.82, 2.24) is 9.88 Å². The van der Waals surface area contributed by atoms with Crippen LogP contribution in [0.5, 0.6) is 0 Å². The minimum absolute atomic E-state index is 0.354. The first kappa shape index (κ1) is 15.4. The van der Waals surface area contributed by atoms with Crippen molar-refractivity contribution < 1.29 is 4.79 Å². The number of hydrogen-bond acceptors (Lipinski definition) is 3. The molecule has 1 fully saturated rings. The lowest BCUT2D eigenvalue weighted by atomic mass is 10.1. The normalized spacial score (nSPS) is 15.9. The maximum Gasteiger partial charge on any atom is 0.314 e. The molecule has 1 aromatic heterocycles. The Balaban J connectivity index is 1.98. The minimum Gasteiger partial charge on any atom is -0.369 e. The zero-order valence-corrected chi connectivity index (χ0v) is 14.3. The number of fused-ring (bicyclic) bond motifs is 1. The second-order valence-corrected chi connectivity index (χ2v) is 6.60. The molecule has 2 aromatic rings. The number of pyridine rings is 1. The lowest BCUT2D eigenvalue weighted by Crippen LogP contribution is -2.38. The van der Waals surface area contributed by atoms with Gasteiger partial charge in [-0.1, -0.05) is 27.5 Å². The number of carbonyl (C=O) groups is 1. The molecule has 0 radical (unpaired) electrons. The molecule has 2 heterocycles. The van der Waals surface area contributed by atoms with Crippen molar-refractivity contribution in [3.05, 3.63) is 33.9 Å².